The number of aliphatic hydroxyl groups is 1. The Kier molecular flexibility index (Phi) is 4.61. The van der Waals surface area contributed by atoms with E-state index < -0.39 is 6.10 Å². The Bertz CT molecular complexity index is 538. The lowest BCUT2D eigenvalue weighted by atomic mass is 10.1. The summed E-state index contributed by atoms with van der Waals surface area (Å²) < 4.78 is 6.92. The molecule has 19 heavy (non-hydrogen) atoms. The zero-order chi connectivity index (χ0) is 13.8. The molecule has 0 aromatic heterocycles. The summed E-state index contributed by atoms with van der Waals surface area (Å²) >= 11 is 3.43. The van der Waals surface area contributed by atoms with Gasteiger partial charge in [0.25, 0.3) is 0 Å². The molecule has 0 radical (unpaired) electrons. The average molecular weight is 321 g/mol. The van der Waals surface area contributed by atoms with Gasteiger partial charge in [-0.2, -0.15) is 0 Å². The van der Waals surface area contributed by atoms with E-state index in [1.54, 1.807) is 6.92 Å². The molecule has 0 aliphatic heterocycles. The molecule has 1 N–H and O–H groups in total. The normalized spacial score (nSPS) is 13.9. The van der Waals surface area contributed by atoms with Crippen LogP contribution in [-0.2, 0) is 0 Å². The Labute approximate surface area is 122 Å². The van der Waals surface area contributed by atoms with Gasteiger partial charge in [-0.1, -0.05) is 52.3 Å². The maximum Gasteiger partial charge on any atom is 0.127 e. The summed E-state index contributed by atoms with van der Waals surface area (Å²) in [6, 6.07) is 15.7. The van der Waals surface area contributed by atoms with E-state index in [9.17, 15) is 5.11 Å². The molecule has 100 valence electrons. The summed E-state index contributed by atoms with van der Waals surface area (Å²) in [5.74, 6) is 0.709. The first-order chi connectivity index (χ1) is 9.08. The highest BCUT2D eigenvalue weighted by molar-refractivity contribution is 9.10. The van der Waals surface area contributed by atoms with Gasteiger partial charge in [0, 0.05) is 10.0 Å². The highest BCUT2D eigenvalue weighted by atomic mass is 79.9. The van der Waals surface area contributed by atoms with Gasteiger partial charge in [0.1, 0.15) is 11.9 Å². The molecule has 2 aromatic rings. The van der Waals surface area contributed by atoms with Gasteiger partial charge in [-0.25, -0.2) is 0 Å². The van der Waals surface area contributed by atoms with Crippen molar-refractivity contribution in [3.63, 3.8) is 0 Å². The van der Waals surface area contributed by atoms with Crippen molar-refractivity contribution in [2.24, 2.45) is 0 Å². The van der Waals surface area contributed by atoms with Gasteiger partial charge in [0.15, 0.2) is 0 Å². The molecule has 0 aliphatic carbocycles. The van der Waals surface area contributed by atoms with E-state index in [4.69, 9.17) is 4.74 Å². The van der Waals surface area contributed by atoms with Gasteiger partial charge in [0.2, 0.25) is 0 Å². The maximum absolute atomic E-state index is 9.78. The van der Waals surface area contributed by atoms with Gasteiger partial charge in [-0.15, -0.1) is 0 Å². The molecule has 2 rings (SSSR count). The van der Waals surface area contributed by atoms with Gasteiger partial charge in [-0.05, 0) is 31.5 Å². The summed E-state index contributed by atoms with van der Waals surface area (Å²) in [7, 11) is 0. The standard InChI is InChI=1S/C16H17BrO2/c1-11(18)15-9-8-14(17)10-16(15)19-12(2)13-6-4-3-5-7-13/h3-12,18H,1-2H3/t11-,12?/m0/s1. The van der Waals surface area contributed by atoms with Crippen LogP contribution in [0.2, 0.25) is 0 Å². The van der Waals surface area contributed by atoms with Crippen molar-refractivity contribution in [1.29, 1.82) is 0 Å². The van der Waals surface area contributed by atoms with Crippen LogP contribution in [0.4, 0.5) is 0 Å². The summed E-state index contributed by atoms with van der Waals surface area (Å²) in [4.78, 5) is 0. The fourth-order valence-electron chi connectivity index (χ4n) is 1.94. The van der Waals surface area contributed by atoms with Crippen LogP contribution in [0.25, 0.3) is 0 Å². The number of benzene rings is 2. The molecule has 3 heteroatoms. The third kappa shape index (κ3) is 3.58. The molecule has 0 fully saturated rings. The molecular weight excluding hydrogens is 304 g/mol. The Morgan fingerprint density at radius 3 is 2.37 bits per heavy atom. The van der Waals surface area contributed by atoms with Gasteiger partial charge in [-0.3, -0.25) is 0 Å². The van der Waals surface area contributed by atoms with E-state index in [1.807, 2.05) is 55.5 Å². The minimum Gasteiger partial charge on any atom is -0.486 e. The van der Waals surface area contributed by atoms with E-state index in [0.717, 1.165) is 15.6 Å². The second kappa shape index (κ2) is 6.22. The lowest BCUT2D eigenvalue weighted by Gasteiger charge is -2.19. The Hall–Kier alpha value is -1.32. The lowest BCUT2D eigenvalue weighted by molar-refractivity contribution is 0.179. The van der Waals surface area contributed by atoms with Crippen molar-refractivity contribution >= 4 is 15.9 Å². The largest absolute Gasteiger partial charge is 0.486 e. The van der Waals surface area contributed by atoms with Crippen LogP contribution < -0.4 is 4.74 Å². The third-order valence-corrected chi connectivity index (χ3v) is 3.49. The molecule has 0 saturated carbocycles. The average Bonchev–Trinajstić information content (AvgIpc) is 2.39. The van der Waals surface area contributed by atoms with Crippen LogP contribution in [0.15, 0.2) is 53.0 Å². The smallest absolute Gasteiger partial charge is 0.127 e. The lowest BCUT2D eigenvalue weighted by Crippen LogP contribution is -2.06. The predicted molar refractivity (Wildman–Crippen MR) is 80.3 cm³/mol. The Balaban J connectivity index is 2.25. The third-order valence-electron chi connectivity index (χ3n) is 3.00. The second-order valence-electron chi connectivity index (χ2n) is 4.53. The minimum absolute atomic E-state index is 0.0620. The zero-order valence-electron chi connectivity index (χ0n) is 11.0. The predicted octanol–water partition coefficient (Wildman–Crippen LogP) is 4.64. The SMILES string of the molecule is CC(Oc1cc(Br)ccc1[C@H](C)O)c1ccccc1. The van der Waals surface area contributed by atoms with Crippen LogP contribution in [0.5, 0.6) is 5.75 Å². The number of ether oxygens (including phenoxy) is 1. The number of hydrogen-bond acceptors (Lipinski definition) is 2. The maximum atomic E-state index is 9.78. The van der Waals surface area contributed by atoms with E-state index in [2.05, 4.69) is 15.9 Å². The summed E-state index contributed by atoms with van der Waals surface area (Å²) in [5.41, 5.74) is 1.91. The van der Waals surface area contributed by atoms with Crippen molar-refractivity contribution in [2.75, 3.05) is 0 Å². The summed E-state index contributed by atoms with van der Waals surface area (Å²) in [6.45, 7) is 3.74. The Morgan fingerprint density at radius 1 is 1.05 bits per heavy atom. The molecule has 2 aromatic carbocycles. The molecular formula is C16H17BrO2. The highest BCUT2D eigenvalue weighted by Crippen LogP contribution is 2.32. The van der Waals surface area contributed by atoms with Crippen molar-refractivity contribution in [3.05, 3.63) is 64.1 Å². The van der Waals surface area contributed by atoms with E-state index in [-0.39, 0.29) is 6.10 Å². The van der Waals surface area contributed by atoms with Crippen LogP contribution in [0.1, 0.15) is 37.2 Å². The monoisotopic (exact) mass is 320 g/mol. The Morgan fingerprint density at radius 2 is 1.74 bits per heavy atom. The first kappa shape index (κ1) is 14.1. The molecule has 0 spiro atoms. The zero-order valence-corrected chi connectivity index (χ0v) is 12.6. The van der Waals surface area contributed by atoms with Crippen LogP contribution in [0.3, 0.4) is 0 Å². The molecule has 2 atom stereocenters. The van der Waals surface area contributed by atoms with E-state index in [1.165, 1.54) is 0 Å². The number of aliphatic hydroxyl groups excluding tert-OH is 1. The summed E-state index contributed by atoms with van der Waals surface area (Å²) in [6.07, 6.45) is -0.612. The second-order valence-corrected chi connectivity index (χ2v) is 5.44. The van der Waals surface area contributed by atoms with Crippen LogP contribution in [-0.4, -0.2) is 5.11 Å². The molecule has 0 saturated heterocycles. The van der Waals surface area contributed by atoms with Gasteiger partial charge < -0.3 is 9.84 Å². The molecule has 0 amide bonds. The summed E-state index contributed by atoms with van der Waals surface area (Å²) in [5, 5.41) is 9.78. The number of halogens is 1. The first-order valence-corrected chi connectivity index (χ1v) is 7.06. The van der Waals surface area contributed by atoms with E-state index >= 15 is 0 Å². The first-order valence-electron chi connectivity index (χ1n) is 6.27. The van der Waals surface area contributed by atoms with Gasteiger partial charge in [0.05, 0.1) is 6.10 Å². The van der Waals surface area contributed by atoms with Gasteiger partial charge >= 0.3 is 0 Å². The van der Waals surface area contributed by atoms with E-state index in [0.29, 0.717) is 5.75 Å². The molecule has 1 unspecified atom stereocenters. The molecule has 0 bridgehead atoms. The molecule has 0 heterocycles. The van der Waals surface area contributed by atoms with Crippen molar-refractivity contribution in [1.82, 2.24) is 0 Å². The minimum atomic E-state index is -0.550. The van der Waals surface area contributed by atoms with Crippen molar-refractivity contribution < 1.29 is 9.84 Å². The van der Waals surface area contributed by atoms with Crippen LogP contribution >= 0.6 is 15.9 Å². The highest BCUT2D eigenvalue weighted by Gasteiger charge is 2.13. The molecule has 0 aliphatic rings. The fourth-order valence-corrected chi connectivity index (χ4v) is 2.28. The number of rotatable bonds is 4. The van der Waals surface area contributed by atoms with Crippen LogP contribution in [0, 0.1) is 0 Å². The quantitative estimate of drug-likeness (QED) is 0.889. The topological polar surface area (TPSA) is 29.5 Å². The van der Waals surface area contributed by atoms with Crippen molar-refractivity contribution in [2.45, 2.75) is 26.1 Å². The fraction of sp³-hybridized carbons (Fsp3) is 0.250. The molecule has 2 nitrogen and oxygen atoms in total. The van der Waals surface area contributed by atoms with Crippen molar-refractivity contribution in [3.8, 4) is 5.75 Å². The number of hydrogen-bond donors (Lipinski definition) is 1.